The van der Waals surface area contributed by atoms with Crippen molar-refractivity contribution in [3.63, 3.8) is 0 Å². The fourth-order valence-corrected chi connectivity index (χ4v) is 2.85. The largest absolute Gasteiger partial charge is 0.496 e. The lowest BCUT2D eigenvalue weighted by molar-refractivity contribution is 0.110. The van der Waals surface area contributed by atoms with Gasteiger partial charge in [-0.15, -0.1) is 0 Å². The lowest BCUT2D eigenvalue weighted by atomic mass is 10.0. The van der Waals surface area contributed by atoms with Gasteiger partial charge in [0.25, 0.3) is 0 Å². The second-order valence-corrected chi connectivity index (χ2v) is 5.23. The highest BCUT2D eigenvalue weighted by Gasteiger charge is 2.15. The maximum atomic E-state index is 5.64. The van der Waals surface area contributed by atoms with Crippen LogP contribution in [-0.4, -0.2) is 26.4 Å². The topological polar surface area (TPSA) is 30.5 Å². The van der Waals surface area contributed by atoms with Gasteiger partial charge in [-0.1, -0.05) is 30.3 Å². The summed E-state index contributed by atoms with van der Waals surface area (Å²) in [6.07, 6.45) is 2.72. The first-order valence-corrected chi connectivity index (χ1v) is 7.25. The SMILES string of the molecule is COc1ccc2ccccc2c1CNC[C@H]1CCCO1. The van der Waals surface area contributed by atoms with Gasteiger partial charge in [-0.25, -0.2) is 0 Å². The Morgan fingerprint density at radius 1 is 1.25 bits per heavy atom. The van der Waals surface area contributed by atoms with Crippen LogP contribution in [0.5, 0.6) is 5.75 Å². The highest BCUT2D eigenvalue weighted by molar-refractivity contribution is 5.87. The van der Waals surface area contributed by atoms with Crippen LogP contribution in [0.15, 0.2) is 36.4 Å². The fourth-order valence-electron chi connectivity index (χ4n) is 2.85. The second-order valence-electron chi connectivity index (χ2n) is 5.23. The summed E-state index contributed by atoms with van der Waals surface area (Å²) >= 11 is 0. The molecule has 3 nitrogen and oxygen atoms in total. The van der Waals surface area contributed by atoms with Crippen molar-refractivity contribution in [1.29, 1.82) is 0 Å². The third kappa shape index (κ3) is 2.79. The number of nitrogens with one attached hydrogen (secondary N) is 1. The average molecular weight is 271 g/mol. The zero-order valence-corrected chi connectivity index (χ0v) is 11.9. The Balaban J connectivity index is 1.77. The van der Waals surface area contributed by atoms with Crippen molar-refractivity contribution in [2.24, 2.45) is 0 Å². The van der Waals surface area contributed by atoms with Crippen LogP contribution in [0.3, 0.4) is 0 Å². The molecule has 3 heteroatoms. The number of hydrogen-bond acceptors (Lipinski definition) is 3. The van der Waals surface area contributed by atoms with Gasteiger partial charge < -0.3 is 14.8 Å². The van der Waals surface area contributed by atoms with Gasteiger partial charge in [-0.2, -0.15) is 0 Å². The van der Waals surface area contributed by atoms with Gasteiger partial charge in [-0.05, 0) is 29.7 Å². The molecule has 0 radical (unpaired) electrons. The summed E-state index contributed by atoms with van der Waals surface area (Å²) in [5, 5.41) is 6.01. The standard InChI is InChI=1S/C17H21NO2/c1-19-17-9-8-13-5-2-3-7-15(13)16(17)12-18-11-14-6-4-10-20-14/h2-3,5,7-9,14,18H,4,6,10-12H2,1H3/t14-/m1/s1. The van der Waals surface area contributed by atoms with Gasteiger partial charge in [0.1, 0.15) is 5.75 Å². The van der Waals surface area contributed by atoms with E-state index >= 15 is 0 Å². The molecule has 1 fully saturated rings. The Bertz CT molecular complexity index is 576. The van der Waals surface area contributed by atoms with Crippen LogP contribution in [0.25, 0.3) is 10.8 Å². The van der Waals surface area contributed by atoms with E-state index in [1.54, 1.807) is 7.11 Å². The number of hydrogen-bond donors (Lipinski definition) is 1. The minimum Gasteiger partial charge on any atom is -0.496 e. The summed E-state index contributed by atoms with van der Waals surface area (Å²) in [6.45, 7) is 2.63. The first-order chi connectivity index (χ1) is 9.88. The van der Waals surface area contributed by atoms with E-state index < -0.39 is 0 Å². The van der Waals surface area contributed by atoms with Gasteiger partial charge in [0, 0.05) is 25.3 Å². The third-order valence-corrected chi connectivity index (χ3v) is 3.92. The molecule has 0 saturated carbocycles. The Hall–Kier alpha value is -1.58. The molecule has 2 aromatic rings. The summed E-state index contributed by atoms with van der Waals surface area (Å²) in [5.41, 5.74) is 1.23. The zero-order valence-electron chi connectivity index (χ0n) is 11.9. The van der Waals surface area contributed by atoms with Crippen molar-refractivity contribution >= 4 is 10.8 Å². The van der Waals surface area contributed by atoms with E-state index in [4.69, 9.17) is 9.47 Å². The molecule has 0 spiro atoms. The molecule has 1 atom stereocenters. The quantitative estimate of drug-likeness (QED) is 0.906. The first kappa shape index (κ1) is 13.4. The number of rotatable bonds is 5. The Morgan fingerprint density at radius 2 is 2.15 bits per heavy atom. The van der Waals surface area contributed by atoms with E-state index in [0.717, 1.165) is 25.4 Å². The summed E-state index contributed by atoms with van der Waals surface area (Å²) in [7, 11) is 1.73. The van der Waals surface area contributed by atoms with E-state index in [1.165, 1.54) is 29.2 Å². The summed E-state index contributed by atoms with van der Waals surface area (Å²) in [6, 6.07) is 12.6. The average Bonchev–Trinajstić information content (AvgIpc) is 3.00. The molecular weight excluding hydrogens is 250 g/mol. The van der Waals surface area contributed by atoms with Gasteiger partial charge in [0.05, 0.1) is 13.2 Å². The van der Waals surface area contributed by atoms with E-state index in [2.05, 4.69) is 35.6 Å². The Morgan fingerprint density at radius 3 is 2.95 bits per heavy atom. The van der Waals surface area contributed by atoms with E-state index in [-0.39, 0.29) is 0 Å². The minimum atomic E-state index is 0.371. The zero-order chi connectivity index (χ0) is 13.8. The van der Waals surface area contributed by atoms with Gasteiger partial charge in [0.2, 0.25) is 0 Å². The monoisotopic (exact) mass is 271 g/mol. The van der Waals surface area contributed by atoms with Crippen LogP contribution in [0, 0.1) is 0 Å². The lowest BCUT2D eigenvalue weighted by Gasteiger charge is -2.15. The van der Waals surface area contributed by atoms with Crippen molar-refractivity contribution in [3.05, 3.63) is 42.0 Å². The van der Waals surface area contributed by atoms with Crippen LogP contribution in [-0.2, 0) is 11.3 Å². The van der Waals surface area contributed by atoms with Crippen LogP contribution in [0.4, 0.5) is 0 Å². The molecule has 3 rings (SSSR count). The number of benzene rings is 2. The molecule has 0 bridgehead atoms. The first-order valence-electron chi connectivity index (χ1n) is 7.25. The van der Waals surface area contributed by atoms with Crippen molar-refractivity contribution < 1.29 is 9.47 Å². The highest BCUT2D eigenvalue weighted by Crippen LogP contribution is 2.27. The van der Waals surface area contributed by atoms with Crippen molar-refractivity contribution in [1.82, 2.24) is 5.32 Å². The minimum absolute atomic E-state index is 0.371. The fraction of sp³-hybridized carbons (Fsp3) is 0.412. The molecule has 106 valence electrons. The molecule has 2 aromatic carbocycles. The molecule has 1 heterocycles. The van der Waals surface area contributed by atoms with Crippen LogP contribution in [0.1, 0.15) is 18.4 Å². The van der Waals surface area contributed by atoms with Gasteiger partial charge >= 0.3 is 0 Å². The molecule has 1 N–H and O–H groups in total. The molecule has 1 saturated heterocycles. The molecule has 1 aliphatic heterocycles. The van der Waals surface area contributed by atoms with Crippen LogP contribution >= 0.6 is 0 Å². The maximum absolute atomic E-state index is 5.64. The van der Waals surface area contributed by atoms with Crippen LogP contribution in [0.2, 0.25) is 0 Å². The molecule has 1 aliphatic rings. The maximum Gasteiger partial charge on any atom is 0.123 e. The van der Waals surface area contributed by atoms with Crippen molar-refractivity contribution in [3.8, 4) is 5.75 Å². The van der Waals surface area contributed by atoms with Gasteiger partial charge in [-0.3, -0.25) is 0 Å². The predicted octanol–water partition coefficient (Wildman–Crippen LogP) is 3.12. The number of ether oxygens (including phenoxy) is 2. The molecular formula is C17H21NO2. The Labute approximate surface area is 119 Å². The van der Waals surface area contributed by atoms with Gasteiger partial charge in [0.15, 0.2) is 0 Å². The van der Waals surface area contributed by atoms with Crippen molar-refractivity contribution in [2.75, 3.05) is 20.3 Å². The summed E-state index contributed by atoms with van der Waals surface area (Å²) in [5.74, 6) is 0.948. The van der Waals surface area contributed by atoms with Crippen LogP contribution < -0.4 is 10.1 Å². The van der Waals surface area contributed by atoms with E-state index in [9.17, 15) is 0 Å². The highest BCUT2D eigenvalue weighted by atomic mass is 16.5. The molecule has 0 amide bonds. The van der Waals surface area contributed by atoms with E-state index in [1.807, 2.05) is 6.07 Å². The second kappa shape index (κ2) is 6.25. The lowest BCUT2D eigenvalue weighted by Crippen LogP contribution is -2.26. The molecule has 0 unspecified atom stereocenters. The normalized spacial score (nSPS) is 18.6. The third-order valence-electron chi connectivity index (χ3n) is 3.92. The molecule has 20 heavy (non-hydrogen) atoms. The molecule has 0 aliphatic carbocycles. The Kier molecular flexibility index (Phi) is 4.19. The molecule has 0 aromatic heterocycles. The smallest absolute Gasteiger partial charge is 0.123 e. The number of fused-ring (bicyclic) bond motifs is 1. The van der Waals surface area contributed by atoms with E-state index in [0.29, 0.717) is 6.10 Å². The van der Waals surface area contributed by atoms with Crippen molar-refractivity contribution in [2.45, 2.75) is 25.5 Å². The predicted molar refractivity (Wildman–Crippen MR) is 81.2 cm³/mol. The number of methoxy groups -OCH3 is 1. The summed E-state index contributed by atoms with van der Waals surface area (Å²) in [4.78, 5) is 0. The summed E-state index contributed by atoms with van der Waals surface area (Å²) < 4.78 is 11.1.